The number of hydrogen-bond donors (Lipinski definition) is 3. The van der Waals surface area contributed by atoms with Crippen molar-refractivity contribution in [2.24, 2.45) is 10.7 Å². The molecule has 5 rings (SSSR count). The van der Waals surface area contributed by atoms with Gasteiger partial charge in [-0.25, -0.2) is 9.97 Å². The first kappa shape index (κ1) is 23.6. The molecule has 3 aromatic rings. The number of hydrogen-bond acceptors (Lipinski definition) is 7. The van der Waals surface area contributed by atoms with Crippen molar-refractivity contribution in [2.75, 3.05) is 31.9 Å². The van der Waals surface area contributed by atoms with Crippen LogP contribution in [0.4, 0.5) is 5.95 Å². The second kappa shape index (κ2) is 9.86. The van der Waals surface area contributed by atoms with E-state index in [9.17, 15) is 9.59 Å². The van der Waals surface area contributed by atoms with Crippen molar-refractivity contribution < 1.29 is 9.59 Å². The van der Waals surface area contributed by atoms with Crippen LogP contribution in [0.3, 0.4) is 0 Å². The van der Waals surface area contributed by atoms with Gasteiger partial charge in [0, 0.05) is 50.3 Å². The molecule has 36 heavy (non-hydrogen) atoms. The molecule has 0 radical (unpaired) electrons. The fourth-order valence-corrected chi connectivity index (χ4v) is 4.69. The summed E-state index contributed by atoms with van der Waals surface area (Å²) in [5.74, 6) is 0.0420. The third kappa shape index (κ3) is 4.69. The Bertz CT molecular complexity index is 1270. The summed E-state index contributed by atoms with van der Waals surface area (Å²) in [5, 5.41) is 7.40. The van der Waals surface area contributed by atoms with Gasteiger partial charge in [0.25, 0.3) is 5.91 Å². The molecule has 0 spiro atoms. The Hall–Kier alpha value is -4.12. The molecule has 0 unspecified atom stereocenters. The SMILES string of the molecule is NC(=NC(=O)c1cnn(CC(=O)N2CCNCC2)c1)C1(c2ccc(-c3cnc(N)nc3)cc2)CCC1. The summed E-state index contributed by atoms with van der Waals surface area (Å²) in [7, 11) is 0. The standard InChI is InChI=1S/C25H29N9O2/c26-23(32-22(36)19-14-31-34(15-19)16-21(35)33-10-8-28-9-11-33)25(6-1-7-25)20-4-2-17(3-5-20)18-12-29-24(27)30-13-18/h2-5,12-15,28H,1,6-11,16H2,(H2,26,32,36)(H2,27,29,30). The van der Waals surface area contributed by atoms with Gasteiger partial charge in [-0.15, -0.1) is 0 Å². The maximum Gasteiger partial charge on any atom is 0.281 e. The van der Waals surface area contributed by atoms with Gasteiger partial charge in [-0.2, -0.15) is 10.1 Å². The maximum atomic E-state index is 12.9. The first-order valence-corrected chi connectivity index (χ1v) is 12.0. The van der Waals surface area contributed by atoms with Crippen molar-refractivity contribution in [1.29, 1.82) is 0 Å². The molecular weight excluding hydrogens is 458 g/mol. The molecule has 186 valence electrons. The quantitative estimate of drug-likeness (QED) is 0.343. The Morgan fingerprint density at radius 2 is 1.72 bits per heavy atom. The summed E-state index contributed by atoms with van der Waals surface area (Å²) in [4.78, 5) is 39.5. The Labute approximate surface area is 208 Å². The van der Waals surface area contributed by atoms with Crippen LogP contribution >= 0.6 is 0 Å². The number of carbonyl (C=O) groups is 2. The largest absolute Gasteiger partial charge is 0.386 e. The molecule has 2 aliphatic rings. The fraction of sp³-hybridized carbons (Fsp3) is 0.360. The number of aliphatic imine (C=N–C) groups is 1. The van der Waals surface area contributed by atoms with Crippen molar-refractivity contribution in [3.63, 3.8) is 0 Å². The molecule has 0 bridgehead atoms. The van der Waals surface area contributed by atoms with Gasteiger partial charge in [-0.1, -0.05) is 30.7 Å². The summed E-state index contributed by atoms with van der Waals surface area (Å²) in [6.45, 7) is 2.99. The predicted molar refractivity (Wildman–Crippen MR) is 135 cm³/mol. The minimum Gasteiger partial charge on any atom is -0.386 e. The molecule has 2 aromatic heterocycles. The Morgan fingerprint density at radius 1 is 1.03 bits per heavy atom. The van der Waals surface area contributed by atoms with E-state index < -0.39 is 11.3 Å². The van der Waals surface area contributed by atoms with Crippen molar-refractivity contribution in [3.8, 4) is 11.1 Å². The second-order valence-electron chi connectivity index (χ2n) is 9.20. The average Bonchev–Trinajstić information content (AvgIpc) is 3.33. The lowest BCUT2D eigenvalue weighted by atomic mass is 9.63. The van der Waals surface area contributed by atoms with Gasteiger partial charge in [0.2, 0.25) is 11.9 Å². The zero-order valence-corrected chi connectivity index (χ0v) is 19.9. The van der Waals surface area contributed by atoms with Crippen LogP contribution in [-0.2, 0) is 16.8 Å². The smallest absolute Gasteiger partial charge is 0.281 e. The van der Waals surface area contributed by atoms with E-state index in [-0.39, 0.29) is 18.4 Å². The van der Waals surface area contributed by atoms with Crippen LogP contribution in [-0.4, -0.2) is 68.5 Å². The molecule has 1 saturated carbocycles. The molecule has 1 aromatic carbocycles. The van der Waals surface area contributed by atoms with E-state index >= 15 is 0 Å². The van der Waals surface area contributed by atoms with Gasteiger partial charge >= 0.3 is 0 Å². The maximum absolute atomic E-state index is 12.9. The van der Waals surface area contributed by atoms with E-state index in [1.165, 1.54) is 10.9 Å². The highest BCUT2D eigenvalue weighted by Gasteiger charge is 2.43. The number of nitrogen functional groups attached to an aromatic ring is 1. The van der Waals surface area contributed by atoms with Crippen LogP contribution in [0.2, 0.25) is 0 Å². The first-order valence-electron chi connectivity index (χ1n) is 12.0. The van der Waals surface area contributed by atoms with Crippen LogP contribution in [0.1, 0.15) is 35.2 Å². The Morgan fingerprint density at radius 3 is 2.36 bits per heavy atom. The van der Waals surface area contributed by atoms with E-state index in [1.54, 1.807) is 23.5 Å². The molecule has 1 saturated heterocycles. The van der Waals surface area contributed by atoms with Crippen molar-refractivity contribution >= 4 is 23.6 Å². The van der Waals surface area contributed by atoms with E-state index in [4.69, 9.17) is 11.5 Å². The second-order valence-corrected chi connectivity index (χ2v) is 9.20. The number of rotatable bonds is 6. The topological polar surface area (TPSA) is 157 Å². The van der Waals surface area contributed by atoms with Gasteiger partial charge in [-0.05, 0) is 24.0 Å². The van der Waals surface area contributed by atoms with Crippen LogP contribution in [0.5, 0.6) is 0 Å². The number of amides is 2. The number of nitrogens with zero attached hydrogens (tertiary/aromatic N) is 6. The molecule has 1 aliphatic carbocycles. The number of nitrogens with one attached hydrogen (secondary N) is 1. The third-order valence-electron chi connectivity index (χ3n) is 7.01. The van der Waals surface area contributed by atoms with Gasteiger partial charge in [-0.3, -0.25) is 14.3 Å². The zero-order chi connectivity index (χ0) is 25.1. The van der Waals surface area contributed by atoms with Crippen molar-refractivity contribution in [1.82, 2.24) is 30.0 Å². The van der Waals surface area contributed by atoms with Crippen LogP contribution in [0, 0.1) is 0 Å². The van der Waals surface area contributed by atoms with Gasteiger partial charge in [0.1, 0.15) is 12.4 Å². The summed E-state index contributed by atoms with van der Waals surface area (Å²) >= 11 is 0. The number of carbonyl (C=O) groups excluding carboxylic acids is 2. The zero-order valence-electron chi connectivity index (χ0n) is 19.9. The molecule has 2 fully saturated rings. The molecule has 1 aliphatic heterocycles. The predicted octanol–water partition coefficient (Wildman–Crippen LogP) is 0.973. The molecule has 11 nitrogen and oxygen atoms in total. The van der Waals surface area contributed by atoms with E-state index in [2.05, 4.69) is 25.4 Å². The highest BCUT2D eigenvalue weighted by atomic mass is 16.2. The van der Waals surface area contributed by atoms with Crippen molar-refractivity contribution in [3.05, 3.63) is 60.2 Å². The third-order valence-corrected chi connectivity index (χ3v) is 7.01. The van der Waals surface area contributed by atoms with Crippen LogP contribution < -0.4 is 16.8 Å². The highest BCUT2D eigenvalue weighted by molar-refractivity contribution is 6.06. The minimum atomic E-state index is -0.472. The van der Waals surface area contributed by atoms with E-state index in [0.29, 0.717) is 24.5 Å². The molecule has 5 N–H and O–H groups in total. The van der Waals surface area contributed by atoms with Gasteiger partial charge in [0.15, 0.2) is 0 Å². The summed E-state index contributed by atoms with van der Waals surface area (Å²) < 4.78 is 1.47. The molecule has 11 heteroatoms. The number of benzene rings is 1. The van der Waals surface area contributed by atoms with E-state index in [1.807, 2.05) is 24.3 Å². The Kier molecular flexibility index (Phi) is 6.47. The normalized spacial score (nSPS) is 17.4. The lowest BCUT2D eigenvalue weighted by Gasteiger charge is -2.41. The first-order chi connectivity index (χ1) is 17.4. The van der Waals surface area contributed by atoms with Gasteiger partial charge in [0.05, 0.1) is 17.2 Å². The lowest BCUT2D eigenvalue weighted by molar-refractivity contribution is -0.132. The summed E-state index contributed by atoms with van der Waals surface area (Å²) in [6.07, 6.45) is 8.99. The Balaban J connectivity index is 1.29. The molecule has 3 heterocycles. The number of piperazine rings is 1. The number of aromatic nitrogens is 4. The summed E-state index contributed by atoms with van der Waals surface area (Å²) in [6, 6.07) is 7.99. The molecule has 2 amide bonds. The fourth-order valence-electron chi connectivity index (χ4n) is 4.69. The van der Waals surface area contributed by atoms with Crippen LogP contribution in [0.25, 0.3) is 11.1 Å². The highest BCUT2D eigenvalue weighted by Crippen LogP contribution is 2.44. The lowest BCUT2D eigenvalue weighted by Crippen LogP contribution is -2.47. The number of anilines is 1. The van der Waals surface area contributed by atoms with Crippen molar-refractivity contribution in [2.45, 2.75) is 31.2 Å². The molecular formula is C25H29N9O2. The van der Waals surface area contributed by atoms with Gasteiger partial charge < -0.3 is 21.7 Å². The molecule has 0 atom stereocenters. The monoisotopic (exact) mass is 487 g/mol. The number of nitrogens with two attached hydrogens (primary N) is 2. The average molecular weight is 488 g/mol. The minimum absolute atomic E-state index is 0.0241. The summed E-state index contributed by atoms with van der Waals surface area (Å²) in [5.41, 5.74) is 14.7. The number of amidine groups is 1. The van der Waals surface area contributed by atoms with E-state index in [0.717, 1.165) is 49.0 Å². The van der Waals surface area contributed by atoms with Crippen LogP contribution in [0.15, 0.2) is 54.0 Å².